The summed E-state index contributed by atoms with van der Waals surface area (Å²) >= 11 is 6.60. The fraction of sp³-hybridized carbons (Fsp3) is 0.345. The van der Waals surface area contributed by atoms with Crippen LogP contribution in [-0.2, 0) is 23.9 Å². The Morgan fingerprint density at radius 2 is 1.70 bits per heavy atom. The third-order valence-electron chi connectivity index (χ3n) is 6.82. The SMILES string of the molecule is CCOC(=O)C1=C(C)NC2=C(C(=O)[C@H](C(=O)OCC)[C@@H](c3ccc(OC)cc3)C2)[C@H]1c1ccccc1Cl. The van der Waals surface area contributed by atoms with E-state index in [4.69, 9.17) is 25.8 Å². The summed E-state index contributed by atoms with van der Waals surface area (Å²) in [7, 11) is 1.58. The van der Waals surface area contributed by atoms with Gasteiger partial charge in [-0.2, -0.15) is 0 Å². The Kier molecular flexibility index (Phi) is 8.03. The van der Waals surface area contributed by atoms with Gasteiger partial charge < -0.3 is 19.5 Å². The average molecular weight is 524 g/mol. The van der Waals surface area contributed by atoms with Crippen molar-refractivity contribution in [2.45, 2.75) is 39.0 Å². The van der Waals surface area contributed by atoms with Gasteiger partial charge in [-0.15, -0.1) is 0 Å². The number of Topliss-reactive ketones (excluding diaryl/α,β-unsaturated/α-hetero) is 1. The summed E-state index contributed by atoms with van der Waals surface area (Å²) in [6.45, 7) is 5.53. The molecule has 0 fully saturated rings. The smallest absolute Gasteiger partial charge is 0.336 e. The molecule has 1 heterocycles. The van der Waals surface area contributed by atoms with Crippen LogP contribution in [0.4, 0.5) is 0 Å². The number of benzene rings is 2. The summed E-state index contributed by atoms with van der Waals surface area (Å²) in [5.41, 5.74) is 3.28. The Labute approximate surface area is 221 Å². The van der Waals surface area contributed by atoms with Gasteiger partial charge in [0.2, 0.25) is 0 Å². The highest BCUT2D eigenvalue weighted by Crippen LogP contribution is 2.49. The zero-order valence-electron chi connectivity index (χ0n) is 21.3. The third-order valence-corrected chi connectivity index (χ3v) is 7.16. The van der Waals surface area contributed by atoms with Gasteiger partial charge in [0, 0.05) is 33.8 Å². The van der Waals surface area contributed by atoms with Crippen molar-refractivity contribution in [2.75, 3.05) is 20.3 Å². The lowest BCUT2D eigenvalue weighted by atomic mass is 9.67. The minimum absolute atomic E-state index is 0.142. The molecule has 0 spiro atoms. The monoisotopic (exact) mass is 523 g/mol. The zero-order chi connectivity index (χ0) is 26.7. The van der Waals surface area contributed by atoms with Crippen LogP contribution in [0.15, 0.2) is 71.1 Å². The van der Waals surface area contributed by atoms with Crippen LogP contribution in [0.5, 0.6) is 5.75 Å². The van der Waals surface area contributed by atoms with Crippen LogP contribution < -0.4 is 10.1 Å². The zero-order valence-corrected chi connectivity index (χ0v) is 22.1. The molecule has 0 saturated heterocycles. The van der Waals surface area contributed by atoms with Gasteiger partial charge in [-0.05, 0) is 56.5 Å². The lowest BCUT2D eigenvalue weighted by Gasteiger charge is -2.39. The Balaban J connectivity index is 1.90. The van der Waals surface area contributed by atoms with E-state index < -0.39 is 35.5 Å². The first-order valence-electron chi connectivity index (χ1n) is 12.3. The van der Waals surface area contributed by atoms with Crippen LogP contribution in [0.3, 0.4) is 0 Å². The number of dihydropyridines is 1. The van der Waals surface area contributed by atoms with Crippen LogP contribution in [-0.4, -0.2) is 38.0 Å². The molecule has 4 rings (SSSR count). The van der Waals surface area contributed by atoms with Crippen molar-refractivity contribution in [1.29, 1.82) is 0 Å². The van der Waals surface area contributed by atoms with E-state index in [1.54, 1.807) is 64.3 Å². The maximum atomic E-state index is 14.3. The lowest BCUT2D eigenvalue weighted by molar-refractivity contribution is -0.152. The standard InChI is InChI=1S/C29H30ClNO6/c1-5-36-28(33)23-16(3)31-22-15-20(17-11-13-18(35-4)14-12-17)25(29(34)37-6-2)27(32)26(22)24(23)19-9-7-8-10-21(19)30/h7-14,20,24-25,31H,5-6,15H2,1-4H3/t20-,24+,25-/m1/s1. The minimum atomic E-state index is -1.08. The highest BCUT2D eigenvalue weighted by Gasteiger charge is 2.49. The number of rotatable bonds is 7. The van der Waals surface area contributed by atoms with E-state index in [2.05, 4.69) is 5.32 Å². The van der Waals surface area contributed by atoms with Gasteiger partial charge in [-0.25, -0.2) is 4.79 Å². The summed E-state index contributed by atoms with van der Waals surface area (Å²) in [5, 5.41) is 3.70. The van der Waals surface area contributed by atoms with Crippen molar-refractivity contribution in [3.63, 3.8) is 0 Å². The second-order valence-corrected chi connectivity index (χ2v) is 9.32. The third kappa shape index (κ3) is 5.01. The Hall–Kier alpha value is -3.58. The second-order valence-electron chi connectivity index (χ2n) is 8.91. The molecule has 0 saturated carbocycles. The fourth-order valence-electron chi connectivity index (χ4n) is 5.20. The highest BCUT2D eigenvalue weighted by atomic mass is 35.5. The van der Waals surface area contributed by atoms with Crippen molar-refractivity contribution in [2.24, 2.45) is 5.92 Å². The molecule has 2 aromatic carbocycles. The summed E-state index contributed by atoms with van der Waals surface area (Å²) in [5.74, 6) is -3.19. The molecule has 0 unspecified atom stereocenters. The number of methoxy groups -OCH3 is 1. The number of allylic oxidation sites excluding steroid dienone is 3. The van der Waals surface area contributed by atoms with Crippen molar-refractivity contribution in [3.8, 4) is 5.75 Å². The number of carbonyl (C=O) groups is 3. The van der Waals surface area contributed by atoms with E-state index in [1.807, 2.05) is 12.1 Å². The van der Waals surface area contributed by atoms with Gasteiger partial charge in [0.25, 0.3) is 0 Å². The summed E-state index contributed by atoms with van der Waals surface area (Å²) in [6, 6.07) is 14.4. The Morgan fingerprint density at radius 3 is 2.32 bits per heavy atom. The number of ketones is 1. The normalized spacial score (nSPS) is 21.2. The lowest BCUT2D eigenvalue weighted by Crippen LogP contribution is -2.43. The molecule has 0 aromatic heterocycles. The molecule has 37 heavy (non-hydrogen) atoms. The fourth-order valence-corrected chi connectivity index (χ4v) is 5.45. The average Bonchev–Trinajstić information content (AvgIpc) is 2.88. The summed E-state index contributed by atoms with van der Waals surface area (Å²) in [4.78, 5) is 40.7. The first kappa shape index (κ1) is 26.5. The molecule has 8 heteroatoms. The highest BCUT2D eigenvalue weighted by molar-refractivity contribution is 6.31. The minimum Gasteiger partial charge on any atom is -0.497 e. The van der Waals surface area contributed by atoms with E-state index in [-0.39, 0.29) is 13.2 Å². The van der Waals surface area contributed by atoms with Crippen molar-refractivity contribution in [1.82, 2.24) is 5.32 Å². The van der Waals surface area contributed by atoms with Gasteiger partial charge in [-0.3, -0.25) is 9.59 Å². The number of ether oxygens (including phenoxy) is 3. The largest absolute Gasteiger partial charge is 0.497 e. The van der Waals surface area contributed by atoms with Crippen molar-refractivity contribution >= 4 is 29.3 Å². The molecule has 7 nitrogen and oxygen atoms in total. The molecule has 2 aliphatic rings. The molecule has 1 aliphatic carbocycles. The van der Waals surface area contributed by atoms with E-state index in [1.165, 1.54) is 0 Å². The van der Waals surface area contributed by atoms with Gasteiger partial charge in [0.05, 0.1) is 25.9 Å². The predicted octanol–water partition coefficient (Wildman–Crippen LogP) is 5.06. The molecule has 1 N–H and O–H groups in total. The summed E-state index contributed by atoms with van der Waals surface area (Å²) in [6.07, 6.45) is 0.366. The molecule has 0 bridgehead atoms. The van der Waals surface area contributed by atoms with Gasteiger partial charge in [-0.1, -0.05) is 41.9 Å². The van der Waals surface area contributed by atoms with E-state index in [0.29, 0.717) is 45.3 Å². The number of carbonyl (C=O) groups excluding carboxylic acids is 3. The van der Waals surface area contributed by atoms with Crippen molar-refractivity contribution in [3.05, 3.63) is 87.2 Å². The molecular formula is C29H30ClNO6. The quantitative estimate of drug-likeness (QED) is 0.400. The molecule has 2 aromatic rings. The van der Waals surface area contributed by atoms with Crippen LogP contribution >= 0.6 is 11.6 Å². The molecule has 0 radical (unpaired) electrons. The van der Waals surface area contributed by atoms with Crippen LogP contribution in [0.2, 0.25) is 5.02 Å². The molecule has 194 valence electrons. The first-order valence-corrected chi connectivity index (χ1v) is 12.7. The molecule has 0 amide bonds. The van der Waals surface area contributed by atoms with Crippen LogP contribution in [0.1, 0.15) is 50.2 Å². The van der Waals surface area contributed by atoms with E-state index in [0.717, 1.165) is 5.56 Å². The van der Waals surface area contributed by atoms with Crippen LogP contribution in [0.25, 0.3) is 0 Å². The number of esters is 2. The van der Waals surface area contributed by atoms with Gasteiger partial charge >= 0.3 is 11.9 Å². The van der Waals surface area contributed by atoms with E-state index in [9.17, 15) is 14.4 Å². The molecular weight excluding hydrogens is 494 g/mol. The maximum Gasteiger partial charge on any atom is 0.336 e. The second kappa shape index (κ2) is 11.2. The van der Waals surface area contributed by atoms with Crippen molar-refractivity contribution < 1.29 is 28.6 Å². The Bertz CT molecular complexity index is 1280. The Morgan fingerprint density at radius 1 is 1.03 bits per heavy atom. The maximum absolute atomic E-state index is 14.3. The van der Waals surface area contributed by atoms with Gasteiger partial charge in [0.1, 0.15) is 11.7 Å². The van der Waals surface area contributed by atoms with E-state index >= 15 is 0 Å². The van der Waals surface area contributed by atoms with Crippen LogP contribution in [0, 0.1) is 5.92 Å². The number of hydrogen-bond donors (Lipinski definition) is 1. The molecule has 3 atom stereocenters. The first-order chi connectivity index (χ1) is 17.8. The predicted molar refractivity (Wildman–Crippen MR) is 139 cm³/mol. The number of hydrogen-bond acceptors (Lipinski definition) is 7. The number of nitrogens with one attached hydrogen (secondary N) is 1. The molecule has 1 aliphatic heterocycles. The topological polar surface area (TPSA) is 90.9 Å². The summed E-state index contributed by atoms with van der Waals surface area (Å²) < 4.78 is 16.0. The number of halogens is 1. The van der Waals surface area contributed by atoms with Gasteiger partial charge in [0.15, 0.2) is 5.78 Å².